The number of aromatic nitrogens is 1. The number of rotatable bonds is 4. The summed E-state index contributed by atoms with van der Waals surface area (Å²) in [7, 11) is 1.79. The maximum atomic E-state index is 12.7. The van der Waals surface area contributed by atoms with Gasteiger partial charge in [-0.2, -0.15) is 0 Å². The van der Waals surface area contributed by atoms with E-state index in [2.05, 4.69) is 5.32 Å². The van der Waals surface area contributed by atoms with Crippen molar-refractivity contribution in [3.63, 3.8) is 0 Å². The van der Waals surface area contributed by atoms with Crippen LogP contribution in [0.1, 0.15) is 22.1 Å². The Morgan fingerprint density at radius 2 is 1.92 bits per heavy atom. The lowest BCUT2D eigenvalue weighted by Crippen LogP contribution is -2.31. The topological polar surface area (TPSA) is 54.3 Å². The number of halogens is 2. The Hall–Kier alpha value is -2.01. The first-order valence-corrected chi connectivity index (χ1v) is 8.18. The van der Waals surface area contributed by atoms with E-state index in [1.165, 1.54) is 0 Å². The number of amides is 1. The van der Waals surface area contributed by atoms with Crippen LogP contribution in [0, 0.1) is 0 Å². The van der Waals surface area contributed by atoms with Gasteiger partial charge in [0, 0.05) is 18.0 Å². The zero-order valence-electron chi connectivity index (χ0n) is 13.0. The smallest absolute Gasteiger partial charge is 0.268 e. The molecule has 1 aromatic heterocycles. The Morgan fingerprint density at radius 1 is 1.21 bits per heavy atom. The molecule has 0 aliphatic carbocycles. The van der Waals surface area contributed by atoms with E-state index in [4.69, 9.17) is 23.2 Å². The summed E-state index contributed by atoms with van der Waals surface area (Å²) in [4.78, 5) is 12.7. The number of nitrogens with one attached hydrogen (secondary N) is 1. The van der Waals surface area contributed by atoms with Gasteiger partial charge in [0.1, 0.15) is 5.69 Å². The molecule has 4 nitrogen and oxygen atoms in total. The van der Waals surface area contributed by atoms with E-state index < -0.39 is 6.04 Å². The summed E-state index contributed by atoms with van der Waals surface area (Å²) < 4.78 is 1.76. The highest BCUT2D eigenvalue weighted by Gasteiger charge is 2.19. The number of benzene rings is 2. The molecular formula is C18H16Cl2N2O2. The first kappa shape index (κ1) is 16.8. The Balaban J connectivity index is 1.94. The predicted octanol–water partition coefficient (Wildman–Crippen LogP) is 3.95. The SMILES string of the molecule is Cn1c(C(=O)N[C@H](CO)c2ccccc2)cc2c(Cl)c(Cl)ccc21. The van der Waals surface area contributed by atoms with Gasteiger partial charge < -0.3 is 15.0 Å². The summed E-state index contributed by atoms with van der Waals surface area (Å²) in [5.74, 6) is -0.288. The standard InChI is InChI=1S/C18H16Cl2N2O2/c1-22-15-8-7-13(19)17(20)12(15)9-16(22)18(24)21-14(10-23)11-5-3-2-4-6-11/h2-9,14,23H,10H2,1H3,(H,21,24)/t14-/m1/s1. The molecule has 124 valence electrons. The number of aliphatic hydroxyl groups is 1. The summed E-state index contributed by atoms with van der Waals surface area (Å²) in [6, 6.07) is 14.1. The maximum absolute atomic E-state index is 12.7. The molecule has 0 fully saturated rings. The number of nitrogens with zero attached hydrogens (tertiary/aromatic N) is 1. The number of aryl methyl sites for hydroxylation is 1. The fraction of sp³-hybridized carbons (Fsp3) is 0.167. The fourth-order valence-electron chi connectivity index (χ4n) is 2.72. The van der Waals surface area contributed by atoms with E-state index in [0.29, 0.717) is 15.7 Å². The minimum absolute atomic E-state index is 0.188. The third kappa shape index (κ3) is 3.00. The quantitative estimate of drug-likeness (QED) is 0.738. The van der Waals surface area contributed by atoms with Crippen LogP contribution in [0.15, 0.2) is 48.5 Å². The molecule has 0 aliphatic rings. The molecule has 0 saturated heterocycles. The summed E-state index contributed by atoms with van der Waals surface area (Å²) in [5.41, 5.74) is 2.10. The van der Waals surface area contributed by atoms with Crippen molar-refractivity contribution in [3.8, 4) is 0 Å². The zero-order valence-corrected chi connectivity index (χ0v) is 14.5. The second-order valence-electron chi connectivity index (χ2n) is 5.50. The van der Waals surface area contributed by atoms with Crippen molar-refractivity contribution >= 4 is 40.0 Å². The molecule has 1 heterocycles. The molecule has 24 heavy (non-hydrogen) atoms. The van der Waals surface area contributed by atoms with Crippen LogP contribution in [-0.4, -0.2) is 22.2 Å². The van der Waals surface area contributed by atoms with Crippen molar-refractivity contribution in [1.29, 1.82) is 0 Å². The number of fused-ring (bicyclic) bond motifs is 1. The van der Waals surface area contributed by atoms with Gasteiger partial charge in [-0.3, -0.25) is 4.79 Å². The van der Waals surface area contributed by atoms with Crippen molar-refractivity contribution in [2.45, 2.75) is 6.04 Å². The van der Waals surface area contributed by atoms with Gasteiger partial charge in [0.15, 0.2) is 0 Å². The summed E-state index contributed by atoms with van der Waals surface area (Å²) in [5, 5.41) is 14.0. The maximum Gasteiger partial charge on any atom is 0.268 e. The van der Waals surface area contributed by atoms with E-state index in [1.807, 2.05) is 36.4 Å². The van der Waals surface area contributed by atoms with Crippen LogP contribution in [0.25, 0.3) is 10.9 Å². The van der Waals surface area contributed by atoms with E-state index in [0.717, 1.165) is 16.5 Å². The highest BCUT2D eigenvalue weighted by molar-refractivity contribution is 6.45. The van der Waals surface area contributed by atoms with Gasteiger partial charge in [0.2, 0.25) is 0 Å². The zero-order chi connectivity index (χ0) is 17.3. The predicted molar refractivity (Wildman–Crippen MR) is 96.7 cm³/mol. The molecule has 2 N–H and O–H groups in total. The van der Waals surface area contributed by atoms with Crippen LogP contribution >= 0.6 is 23.2 Å². The van der Waals surface area contributed by atoms with Gasteiger partial charge in [-0.25, -0.2) is 0 Å². The summed E-state index contributed by atoms with van der Waals surface area (Å²) in [6.45, 7) is -0.188. The molecule has 1 amide bonds. The molecule has 0 spiro atoms. The minimum Gasteiger partial charge on any atom is -0.394 e. The molecule has 0 bridgehead atoms. The monoisotopic (exact) mass is 362 g/mol. The van der Waals surface area contributed by atoms with Gasteiger partial charge in [-0.1, -0.05) is 53.5 Å². The number of hydrogen-bond donors (Lipinski definition) is 2. The van der Waals surface area contributed by atoms with Crippen molar-refractivity contribution in [3.05, 3.63) is 69.8 Å². The van der Waals surface area contributed by atoms with Gasteiger partial charge >= 0.3 is 0 Å². The largest absolute Gasteiger partial charge is 0.394 e. The van der Waals surface area contributed by atoms with Gasteiger partial charge in [-0.15, -0.1) is 0 Å². The summed E-state index contributed by atoms with van der Waals surface area (Å²) >= 11 is 12.3. The lowest BCUT2D eigenvalue weighted by atomic mass is 10.1. The molecule has 0 radical (unpaired) electrons. The Bertz CT molecular complexity index is 891. The van der Waals surface area contributed by atoms with Crippen molar-refractivity contribution in [2.24, 2.45) is 7.05 Å². The third-order valence-corrected chi connectivity index (χ3v) is 4.85. The molecule has 0 unspecified atom stereocenters. The van der Waals surface area contributed by atoms with E-state index >= 15 is 0 Å². The Morgan fingerprint density at radius 3 is 2.58 bits per heavy atom. The molecule has 1 atom stereocenters. The normalized spacial score (nSPS) is 12.3. The van der Waals surface area contributed by atoms with Crippen LogP contribution in [0.2, 0.25) is 10.0 Å². The highest BCUT2D eigenvalue weighted by Crippen LogP contribution is 2.32. The fourth-order valence-corrected chi connectivity index (χ4v) is 3.10. The molecule has 2 aromatic carbocycles. The minimum atomic E-state index is -0.476. The second-order valence-corrected chi connectivity index (χ2v) is 6.29. The molecule has 3 aromatic rings. The number of carbonyl (C=O) groups is 1. The molecule has 0 saturated carbocycles. The molecule has 6 heteroatoms. The van der Waals surface area contributed by atoms with E-state index in [-0.39, 0.29) is 12.5 Å². The lowest BCUT2D eigenvalue weighted by Gasteiger charge is -2.17. The van der Waals surface area contributed by atoms with Crippen LogP contribution in [0.5, 0.6) is 0 Å². The number of hydrogen-bond acceptors (Lipinski definition) is 2. The first-order valence-electron chi connectivity index (χ1n) is 7.43. The third-order valence-electron chi connectivity index (χ3n) is 4.04. The van der Waals surface area contributed by atoms with Gasteiger partial charge in [-0.05, 0) is 23.8 Å². The van der Waals surface area contributed by atoms with Crippen molar-refractivity contribution in [1.82, 2.24) is 9.88 Å². The van der Waals surface area contributed by atoms with Crippen LogP contribution in [0.3, 0.4) is 0 Å². The first-order chi connectivity index (χ1) is 11.5. The number of aliphatic hydroxyl groups excluding tert-OH is 1. The van der Waals surface area contributed by atoms with Crippen molar-refractivity contribution in [2.75, 3.05) is 6.61 Å². The van der Waals surface area contributed by atoms with Gasteiger partial charge in [0.05, 0.1) is 22.7 Å². The van der Waals surface area contributed by atoms with Crippen molar-refractivity contribution < 1.29 is 9.90 Å². The van der Waals surface area contributed by atoms with Crippen LogP contribution in [-0.2, 0) is 7.05 Å². The molecule has 0 aliphatic heterocycles. The second kappa shape index (κ2) is 6.85. The average Bonchev–Trinajstić information content (AvgIpc) is 2.94. The molecule has 3 rings (SSSR count). The Labute approximate surface area is 149 Å². The highest BCUT2D eigenvalue weighted by atomic mass is 35.5. The summed E-state index contributed by atoms with van der Waals surface area (Å²) in [6.07, 6.45) is 0. The average molecular weight is 363 g/mol. The number of carbonyl (C=O) groups excluding carboxylic acids is 1. The van der Waals surface area contributed by atoms with E-state index in [9.17, 15) is 9.90 Å². The van der Waals surface area contributed by atoms with Crippen LogP contribution < -0.4 is 5.32 Å². The van der Waals surface area contributed by atoms with Gasteiger partial charge in [0.25, 0.3) is 5.91 Å². The Kier molecular flexibility index (Phi) is 4.81. The lowest BCUT2D eigenvalue weighted by molar-refractivity contribution is 0.0908. The molecular weight excluding hydrogens is 347 g/mol. The van der Waals surface area contributed by atoms with E-state index in [1.54, 1.807) is 23.7 Å². The van der Waals surface area contributed by atoms with Crippen LogP contribution in [0.4, 0.5) is 0 Å².